The number of aromatic nitrogens is 4. The Bertz CT molecular complexity index is 1030. The molecule has 0 spiro atoms. The number of amides is 4. The normalized spacial score (nSPS) is 14.2. The Morgan fingerprint density at radius 2 is 1.42 bits per heavy atom. The van der Waals surface area contributed by atoms with Crippen molar-refractivity contribution in [2.24, 2.45) is 11.5 Å². The Labute approximate surface area is 211 Å². The molecule has 2 heterocycles. The Balaban J connectivity index is 2.15. The number of nitrogens with one attached hydrogen (secondary N) is 5. The molecular formula is C20H29N9O6S. The number of nitrogens with zero attached hydrogens (tertiary/aromatic N) is 2. The van der Waals surface area contributed by atoms with Crippen LogP contribution in [0.4, 0.5) is 0 Å². The van der Waals surface area contributed by atoms with E-state index >= 15 is 0 Å². The molecule has 0 radical (unpaired) electrons. The van der Waals surface area contributed by atoms with Gasteiger partial charge in [0.2, 0.25) is 23.6 Å². The standard InChI is InChI=1S/C20H29N9O6S/c21-12(3-10-5-23-8-25-10)17(31)27-13(1-2-16(22)30)18(32)28-14(4-11-6-24-9-26-11)19(33)29-15(7-36)20(34)35/h5-6,8-9,12-15,36H,1-4,7,21H2,(H2,22,30)(H,23,25)(H,24,26)(H,27,31)(H,28,32)(H,29,33)(H,34,35). The molecule has 0 bridgehead atoms. The average Bonchev–Trinajstić information content (AvgIpc) is 3.53. The van der Waals surface area contributed by atoms with Crippen molar-refractivity contribution in [2.75, 3.05) is 5.75 Å². The van der Waals surface area contributed by atoms with Gasteiger partial charge in [-0.1, -0.05) is 0 Å². The zero-order chi connectivity index (χ0) is 26.7. The van der Waals surface area contributed by atoms with E-state index in [0.29, 0.717) is 11.4 Å². The Morgan fingerprint density at radius 3 is 1.92 bits per heavy atom. The highest BCUT2D eigenvalue weighted by molar-refractivity contribution is 7.80. The van der Waals surface area contributed by atoms with Crippen molar-refractivity contribution in [1.29, 1.82) is 0 Å². The van der Waals surface area contributed by atoms with E-state index in [0.717, 1.165) is 0 Å². The molecule has 10 N–H and O–H groups in total. The third kappa shape index (κ3) is 9.03. The number of thiol groups is 1. The summed E-state index contributed by atoms with van der Waals surface area (Å²) in [6.07, 6.45) is 5.39. The molecule has 4 atom stereocenters. The summed E-state index contributed by atoms with van der Waals surface area (Å²) in [5.74, 6) is -4.45. The summed E-state index contributed by atoms with van der Waals surface area (Å²) in [6, 6.07) is -4.83. The van der Waals surface area contributed by atoms with Crippen LogP contribution in [0.1, 0.15) is 24.2 Å². The molecule has 2 aromatic rings. The predicted molar refractivity (Wildman–Crippen MR) is 128 cm³/mol. The second-order valence-corrected chi connectivity index (χ2v) is 8.24. The number of rotatable bonds is 15. The first-order valence-electron chi connectivity index (χ1n) is 10.8. The lowest BCUT2D eigenvalue weighted by molar-refractivity contribution is -0.141. The van der Waals surface area contributed by atoms with Crippen molar-refractivity contribution in [3.05, 3.63) is 36.4 Å². The number of primary amides is 1. The van der Waals surface area contributed by atoms with Gasteiger partial charge in [-0.3, -0.25) is 19.2 Å². The lowest BCUT2D eigenvalue weighted by Gasteiger charge is -2.24. The van der Waals surface area contributed by atoms with E-state index in [-0.39, 0.29) is 31.4 Å². The molecule has 0 aliphatic rings. The molecule has 2 aromatic heterocycles. The maximum atomic E-state index is 13.1. The van der Waals surface area contributed by atoms with Crippen molar-refractivity contribution in [2.45, 2.75) is 49.9 Å². The van der Waals surface area contributed by atoms with Gasteiger partial charge in [0.05, 0.1) is 18.7 Å². The van der Waals surface area contributed by atoms with Crippen molar-refractivity contribution in [3.8, 4) is 0 Å². The molecule has 0 aliphatic heterocycles. The number of aromatic amines is 2. The summed E-state index contributed by atoms with van der Waals surface area (Å²) in [7, 11) is 0. The molecule has 4 amide bonds. The van der Waals surface area contributed by atoms with Crippen molar-refractivity contribution >= 4 is 42.2 Å². The fourth-order valence-electron chi connectivity index (χ4n) is 3.12. The van der Waals surface area contributed by atoms with Gasteiger partial charge in [-0.05, 0) is 6.42 Å². The number of aliphatic carboxylic acids is 1. The molecule has 0 saturated heterocycles. The van der Waals surface area contributed by atoms with Gasteiger partial charge in [0.25, 0.3) is 0 Å². The van der Waals surface area contributed by atoms with Crippen LogP contribution in [0.2, 0.25) is 0 Å². The SMILES string of the molecule is NC(=O)CCC(NC(=O)C(N)Cc1cnc[nH]1)C(=O)NC(Cc1cnc[nH]1)C(=O)NC(CS)C(=O)O. The summed E-state index contributed by atoms with van der Waals surface area (Å²) in [4.78, 5) is 74.5. The van der Waals surface area contributed by atoms with Crippen LogP contribution in [0.25, 0.3) is 0 Å². The molecule has 0 aromatic carbocycles. The van der Waals surface area contributed by atoms with E-state index in [9.17, 15) is 29.1 Å². The van der Waals surface area contributed by atoms with E-state index in [1.54, 1.807) is 0 Å². The summed E-state index contributed by atoms with van der Waals surface area (Å²) < 4.78 is 0. The number of hydrogen-bond acceptors (Lipinski definition) is 9. The number of hydrogen-bond donors (Lipinski definition) is 9. The fraction of sp³-hybridized carbons (Fsp3) is 0.450. The van der Waals surface area contributed by atoms with Crippen molar-refractivity contribution < 1.29 is 29.1 Å². The van der Waals surface area contributed by atoms with E-state index in [2.05, 4.69) is 48.5 Å². The Kier molecular flexibility index (Phi) is 10.9. The lowest BCUT2D eigenvalue weighted by atomic mass is 10.1. The van der Waals surface area contributed by atoms with Crippen molar-refractivity contribution in [3.63, 3.8) is 0 Å². The Hall–Kier alpha value is -3.92. The fourth-order valence-corrected chi connectivity index (χ4v) is 3.36. The first kappa shape index (κ1) is 28.3. The van der Waals surface area contributed by atoms with Crippen molar-refractivity contribution in [1.82, 2.24) is 35.9 Å². The second-order valence-electron chi connectivity index (χ2n) is 7.88. The van der Waals surface area contributed by atoms with Gasteiger partial charge in [0.1, 0.15) is 18.1 Å². The number of H-pyrrole nitrogens is 2. The predicted octanol–water partition coefficient (Wildman–Crippen LogP) is -3.02. The maximum absolute atomic E-state index is 13.1. The van der Waals surface area contributed by atoms with Crippen LogP contribution in [-0.2, 0) is 36.8 Å². The smallest absolute Gasteiger partial charge is 0.327 e. The highest BCUT2D eigenvalue weighted by Crippen LogP contribution is 2.05. The van der Waals surface area contributed by atoms with E-state index in [1.807, 2.05) is 0 Å². The molecule has 0 fully saturated rings. The van der Waals surface area contributed by atoms with Gasteiger partial charge < -0.3 is 42.5 Å². The van der Waals surface area contributed by atoms with Gasteiger partial charge in [0.15, 0.2) is 0 Å². The van der Waals surface area contributed by atoms with Crippen LogP contribution in [0.5, 0.6) is 0 Å². The van der Waals surface area contributed by atoms with E-state index in [1.165, 1.54) is 25.0 Å². The summed E-state index contributed by atoms with van der Waals surface area (Å²) >= 11 is 3.92. The number of carbonyl (C=O) groups is 5. The highest BCUT2D eigenvalue weighted by Gasteiger charge is 2.30. The second kappa shape index (κ2) is 13.8. The number of carboxylic acid groups (broad SMARTS) is 1. The summed E-state index contributed by atoms with van der Waals surface area (Å²) in [5, 5.41) is 16.5. The van der Waals surface area contributed by atoms with Crippen LogP contribution in [0.15, 0.2) is 25.0 Å². The summed E-state index contributed by atoms with van der Waals surface area (Å²) in [5.41, 5.74) is 12.2. The molecule has 196 valence electrons. The number of imidazole rings is 2. The number of carbonyl (C=O) groups excluding carboxylic acids is 4. The quantitative estimate of drug-likeness (QED) is 0.108. The molecule has 0 aliphatic carbocycles. The lowest BCUT2D eigenvalue weighted by Crippen LogP contribution is -2.58. The molecule has 4 unspecified atom stereocenters. The van der Waals surface area contributed by atoms with Crippen LogP contribution in [0.3, 0.4) is 0 Å². The minimum Gasteiger partial charge on any atom is -0.480 e. The van der Waals surface area contributed by atoms with Gasteiger partial charge in [-0.2, -0.15) is 12.6 Å². The van der Waals surface area contributed by atoms with Gasteiger partial charge in [-0.25, -0.2) is 14.8 Å². The molecule has 15 nitrogen and oxygen atoms in total. The van der Waals surface area contributed by atoms with Crippen LogP contribution in [-0.4, -0.2) is 84.6 Å². The zero-order valence-electron chi connectivity index (χ0n) is 19.1. The van der Waals surface area contributed by atoms with E-state index in [4.69, 9.17) is 11.5 Å². The largest absolute Gasteiger partial charge is 0.480 e. The Morgan fingerprint density at radius 1 is 0.889 bits per heavy atom. The molecule has 2 rings (SSSR count). The van der Waals surface area contributed by atoms with Crippen LogP contribution in [0, 0.1) is 0 Å². The first-order chi connectivity index (χ1) is 17.1. The minimum atomic E-state index is -1.30. The molecule has 0 saturated carbocycles. The zero-order valence-corrected chi connectivity index (χ0v) is 20.0. The molecule has 16 heteroatoms. The summed E-state index contributed by atoms with van der Waals surface area (Å²) in [6.45, 7) is 0. The topological polar surface area (TPSA) is 251 Å². The monoisotopic (exact) mass is 523 g/mol. The first-order valence-corrected chi connectivity index (χ1v) is 11.5. The third-order valence-corrected chi connectivity index (χ3v) is 5.42. The molecular weight excluding hydrogens is 494 g/mol. The van der Waals surface area contributed by atoms with Gasteiger partial charge in [-0.15, -0.1) is 0 Å². The van der Waals surface area contributed by atoms with Crippen LogP contribution >= 0.6 is 12.6 Å². The number of nitrogens with two attached hydrogens (primary N) is 2. The van der Waals surface area contributed by atoms with E-state index < -0.39 is 53.8 Å². The van der Waals surface area contributed by atoms with Crippen LogP contribution < -0.4 is 27.4 Å². The maximum Gasteiger partial charge on any atom is 0.327 e. The average molecular weight is 524 g/mol. The number of carboxylic acids is 1. The van der Waals surface area contributed by atoms with Gasteiger partial charge >= 0.3 is 5.97 Å². The van der Waals surface area contributed by atoms with Gasteiger partial charge in [0, 0.05) is 48.8 Å². The molecule has 36 heavy (non-hydrogen) atoms. The highest BCUT2D eigenvalue weighted by atomic mass is 32.1. The third-order valence-electron chi connectivity index (χ3n) is 5.05. The minimum absolute atomic E-state index is 0.0632.